The Labute approximate surface area is 136 Å². The lowest BCUT2D eigenvalue weighted by molar-refractivity contribution is 0.642. The molecule has 0 spiro atoms. The summed E-state index contributed by atoms with van der Waals surface area (Å²) in [6.45, 7) is 0. The van der Waals surface area contributed by atoms with E-state index in [1.165, 1.54) is 0 Å². The first-order valence-corrected chi connectivity index (χ1v) is 7.35. The Morgan fingerprint density at radius 3 is 1.94 bits per heavy atom. The lowest BCUT2D eigenvalue weighted by Gasteiger charge is -2.42. The Kier molecular flexibility index (Phi) is 4.12. The molecule has 0 nitrogen and oxygen atoms in total. The van der Waals surface area contributed by atoms with E-state index in [-0.39, 0.29) is 6.42 Å². The molecule has 2 rings (SSSR count). The van der Waals surface area contributed by atoms with E-state index in [1.807, 2.05) is 30.3 Å². The van der Waals surface area contributed by atoms with Crippen molar-refractivity contribution in [1.82, 2.24) is 0 Å². The minimum absolute atomic E-state index is 0.0373. The van der Waals surface area contributed by atoms with Gasteiger partial charge >= 0.3 is 0 Å². The van der Waals surface area contributed by atoms with Gasteiger partial charge in [0.2, 0.25) is 0 Å². The fourth-order valence-corrected chi connectivity index (χ4v) is 3.82. The lowest BCUT2D eigenvalue weighted by atomic mass is 9.91. The van der Waals surface area contributed by atoms with Crippen LogP contribution < -0.4 is 0 Å². The molecule has 0 unspecified atom stereocenters. The van der Waals surface area contributed by atoms with Gasteiger partial charge in [-0.25, -0.2) is 0 Å². The second-order valence-corrected chi connectivity index (χ2v) is 8.49. The summed E-state index contributed by atoms with van der Waals surface area (Å²) in [6, 6.07) is 9.25. The van der Waals surface area contributed by atoms with Crippen molar-refractivity contribution in [2.45, 2.75) is 19.4 Å². The van der Waals surface area contributed by atoms with Crippen molar-refractivity contribution in [1.29, 1.82) is 0 Å². The van der Waals surface area contributed by atoms with Crippen molar-refractivity contribution >= 4 is 75.2 Å². The molecule has 0 radical (unpaired) electrons. The first-order valence-electron chi connectivity index (χ1n) is 5.08. The normalized spacial score (nSPS) is 24.4. The molecule has 0 aliphatic heterocycles. The van der Waals surface area contributed by atoms with E-state index in [0.29, 0.717) is 5.57 Å². The van der Waals surface area contributed by atoms with E-state index in [0.717, 1.165) is 5.56 Å². The Hall–Kier alpha value is 0.700. The van der Waals surface area contributed by atoms with Crippen LogP contribution in [0.25, 0.3) is 5.57 Å². The second kappa shape index (κ2) is 4.91. The van der Waals surface area contributed by atoms with Gasteiger partial charge in [0.1, 0.15) is 4.33 Å². The maximum Gasteiger partial charge on any atom is 0.176 e. The van der Waals surface area contributed by atoms with Crippen LogP contribution in [0.1, 0.15) is 12.0 Å². The lowest BCUT2D eigenvalue weighted by Crippen LogP contribution is -2.45. The van der Waals surface area contributed by atoms with E-state index >= 15 is 0 Å². The van der Waals surface area contributed by atoms with E-state index in [4.69, 9.17) is 69.6 Å². The molecule has 98 valence electrons. The highest BCUT2D eigenvalue weighted by Crippen LogP contribution is 2.59. The van der Waals surface area contributed by atoms with E-state index in [2.05, 4.69) is 0 Å². The minimum Gasteiger partial charge on any atom is -0.0978 e. The van der Waals surface area contributed by atoms with E-state index in [1.54, 1.807) is 6.08 Å². The van der Waals surface area contributed by atoms with Crippen LogP contribution in [0, 0.1) is 0 Å². The van der Waals surface area contributed by atoms with Crippen LogP contribution in [0.3, 0.4) is 0 Å². The predicted octanol–water partition coefficient (Wildman–Crippen LogP) is 6.00. The largest absolute Gasteiger partial charge is 0.176 e. The van der Waals surface area contributed by atoms with E-state index in [9.17, 15) is 0 Å². The van der Waals surface area contributed by atoms with Crippen molar-refractivity contribution in [2.24, 2.45) is 0 Å². The molecule has 0 atom stereocenters. The van der Waals surface area contributed by atoms with Gasteiger partial charge in [0.25, 0.3) is 0 Å². The zero-order valence-electron chi connectivity index (χ0n) is 8.94. The Morgan fingerprint density at radius 2 is 1.39 bits per heavy atom. The Bertz CT molecular complexity index is 475. The smallest absolute Gasteiger partial charge is 0.0978 e. The van der Waals surface area contributed by atoms with Gasteiger partial charge in [-0.15, -0.1) is 0 Å². The summed E-state index contributed by atoms with van der Waals surface area (Å²) in [6.07, 6.45) is 1.63. The van der Waals surface area contributed by atoms with Crippen LogP contribution in [0.15, 0.2) is 36.4 Å². The molecule has 0 heterocycles. The van der Waals surface area contributed by atoms with Crippen molar-refractivity contribution in [3.05, 3.63) is 42.0 Å². The molecular formula is C12H8Cl6. The van der Waals surface area contributed by atoms with Crippen LogP contribution in [0.5, 0.6) is 0 Å². The number of rotatable bonds is 1. The van der Waals surface area contributed by atoms with Gasteiger partial charge in [-0.3, -0.25) is 0 Å². The number of halogens is 6. The molecule has 0 N–H and O–H groups in total. The van der Waals surface area contributed by atoms with Gasteiger partial charge < -0.3 is 0 Å². The molecule has 0 saturated carbocycles. The van der Waals surface area contributed by atoms with Crippen molar-refractivity contribution in [2.75, 3.05) is 0 Å². The molecule has 0 saturated heterocycles. The number of benzene rings is 1. The predicted molar refractivity (Wildman–Crippen MR) is 82.3 cm³/mol. The number of alkyl halides is 6. The average molecular weight is 365 g/mol. The van der Waals surface area contributed by atoms with Crippen LogP contribution in [0.2, 0.25) is 0 Å². The van der Waals surface area contributed by atoms with Crippen LogP contribution >= 0.6 is 69.6 Å². The third kappa shape index (κ3) is 2.75. The third-order valence-corrected chi connectivity index (χ3v) is 5.45. The second-order valence-electron chi connectivity index (χ2n) is 4.14. The molecule has 0 amide bonds. The summed E-state index contributed by atoms with van der Waals surface area (Å²) in [5.41, 5.74) is 1.28. The summed E-state index contributed by atoms with van der Waals surface area (Å²) in [5, 5.41) is 0. The van der Waals surface area contributed by atoms with Gasteiger partial charge in [-0.1, -0.05) is 99.9 Å². The standard InChI is InChI=1S/C12H8Cl6/c13-10(14)6-9(8-4-2-1-3-5-8)12(17,18)11(15,16)7-10/h1-6H,7H2. The average Bonchev–Trinajstić information content (AvgIpc) is 2.24. The highest BCUT2D eigenvalue weighted by molar-refractivity contribution is 6.67. The first-order chi connectivity index (χ1) is 8.16. The molecular weight excluding hydrogens is 357 g/mol. The van der Waals surface area contributed by atoms with Crippen molar-refractivity contribution < 1.29 is 0 Å². The quantitative estimate of drug-likeness (QED) is 0.536. The van der Waals surface area contributed by atoms with Crippen molar-refractivity contribution in [3.63, 3.8) is 0 Å². The molecule has 0 fully saturated rings. The number of hydrogen-bond donors (Lipinski definition) is 0. The van der Waals surface area contributed by atoms with Crippen LogP contribution in [-0.2, 0) is 0 Å². The monoisotopic (exact) mass is 362 g/mol. The highest BCUT2D eigenvalue weighted by Gasteiger charge is 2.57. The number of allylic oxidation sites excluding steroid dienone is 2. The molecule has 6 heteroatoms. The SMILES string of the molecule is ClC1(Cl)C=C(c2ccccc2)C(Cl)(Cl)C(Cl)(Cl)C1. The first kappa shape index (κ1) is 15.1. The van der Waals surface area contributed by atoms with Gasteiger partial charge in [0.05, 0.1) is 0 Å². The molecule has 1 aliphatic carbocycles. The summed E-state index contributed by atoms with van der Waals surface area (Å²) in [4.78, 5) is 0. The van der Waals surface area contributed by atoms with E-state index < -0.39 is 13.0 Å². The van der Waals surface area contributed by atoms with Crippen LogP contribution in [-0.4, -0.2) is 13.0 Å². The molecule has 1 aromatic rings. The maximum atomic E-state index is 6.31. The van der Waals surface area contributed by atoms with Gasteiger partial charge in [-0.05, 0) is 17.2 Å². The molecule has 0 bridgehead atoms. The fourth-order valence-electron chi connectivity index (χ4n) is 1.84. The summed E-state index contributed by atoms with van der Waals surface area (Å²) in [5.74, 6) is 0. The Balaban J connectivity index is 2.59. The zero-order valence-corrected chi connectivity index (χ0v) is 13.5. The molecule has 0 aromatic heterocycles. The third-order valence-electron chi connectivity index (χ3n) is 2.70. The highest BCUT2D eigenvalue weighted by atomic mass is 35.5. The zero-order chi connectivity index (χ0) is 13.6. The minimum atomic E-state index is -1.48. The Morgan fingerprint density at radius 1 is 0.833 bits per heavy atom. The molecule has 18 heavy (non-hydrogen) atoms. The number of hydrogen-bond acceptors (Lipinski definition) is 0. The summed E-state index contributed by atoms with van der Waals surface area (Å²) in [7, 11) is 0. The topological polar surface area (TPSA) is 0 Å². The molecule has 1 aliphatic rings. The van der Waals surface area contributed by atoms with Gasteiger partial charge in [0.15, 0.2) is 8.67 Å². The van der Waals surface area contributed by atoms with Gasteiger partial charge in [0, 0.05) is 6.42 Å². The fraction of sp³-hybridized carbons (Fsp3) is 0.333. The summed E-state index contributed by atoms with van der Waals surface area (Å²) < 4.78 is -4.16. The maximum absolute atomic E-state index is 6.31. The molecule has 1 aromatic carbocycles. The van der Waals surface area contributed by atoms with Gasteiger partial charge in [-0.2, -0.15) is 0 Å². The summed E-state index contributed by atoms with van der Waals surface area (Å²) >= 11 is 37.2. The van der Waals surface area contributed by atoms with Crippen LogP contribution in [0.4, 0.5) is 0 Å². The van der Waals surface area contributed by atoms with Crippen molar-refractivity contribution in [3.8, 4) is 0 Å².